The van der Waals surface area contributed by atoms with E-state index in [-0.39, 0.29) is 11.4 Å². The van der Waals surface area contributed by atoms with E-state index in [2.05, 4.69) is 0 Å². The molecule has 0 heterocycles. The number of rotatable bonds is 4. The van der Waals surface area contributed by atoms with E-state index < -0.39 is 15.8 Å². The number of hydrogen-bond acceptors (Lipinski definition) is 2. The molecule has 0 saturated heterocycles. The first-order chi connectivity index (χ1) is 9.82. The van der Waals surface area contributed by atoms with Gasteiger partial charge in [-0.15, -0.1) is 0 Å². The van der Waals surface area contributed by atoms with Crippen molar-refractivity contribution in [2.24, 2.45) is 0 Å². The molecule has 0 bridgehead atoms. The molecule has 0 unspecified atom stereocenters. The highest BCUT2D eigenvalue weighted by atomic mass is 32.2. The summed E-state index contributed by atoms with van der Waals surface area (Å²) in [4.78, 5) is 0.226. The number of sulfonamides is 1. The summed E-state index contributed by atoms with van der Waals surface area (Å²) in [5.74, 6) is -0.403. The summed E-state index contributed by atoms with van der Waals surface area (Å²) in [7, 11) is -2.17. The van der Waals surface area contributed by atoms with Gasteiger partial charge in [-0.05, 0) is 43.2 Å². The van der Waals surface area contributed by atoms with Gasteiger partial charge < -0.3 is 0 Å². The summed E-state index contributed by atoms with van der Waals surface area (Å²) >= 11 is 0. The maximum Gasteiger partial charge on any atom is 0.243 e. The van der Waals surface area contributed by atoms with Gasteiger partial charge >= 0.3 is 0 Å². The van der Waals surface area contributed by atoms with Crippen LogP contribution >= 0.6 is 0 Å². The average molecular weight is 307 g/mol. The lowest BCUT2D eigenvalue weighted by Gasteiger charge is -2.18. The topological polar surface area (TPSA) is 37.4 Å². The van der Waals surface area contributed by atoms with Crippen molar-refractivity contribution in [3.8, 4) is 0 Å². The highest BCUT2D eigenvalue weighted by molar-refractivity contribution is 7.89. The average Bonchev–Trinajstić information content (AvgIpc) is 2.44. The van der Waals surface area contributed by atoms with Gasteiger partial charge in [0.15, 0.2) is 0 Å². The number of benzene rings is 2. The molecular formula is C16H18FNO2S. The smallest absolute Gasteiger partial charge is 0.207 e. The van der Waals surface area contributed by atoms with Crippen LogP contribution in [-0.2, 0) is 16.6 Å². The molecule has 0 spiro atoms. The van der Waals surface area contributed by atoms with Crippen LogP contribution in [0.4, 0.5) is 4.39 Å². The third-order valence-corrected chi connectivity index (χ3v) is 5.34. The minimum Gasteiger partial charge on any atom is -0.207 e. The van der Waals surface area contributed by atoms with Crippen molar-refractivity contribution in [1.82, 2.24) is 4.31 Å². The van der Waals surface area contributed by atoms with Crippen LogP contribution in [0.2, 0.25) is 0 Å². The van der Waals surface area contributed by atoms with E-state index in [1.807, 2.05) is 13.8 Å². The summed E-state index contributed by atoms with van der Waals surface area (Å²) in [5, 5.41) is 0. The van der Waals surface area contributed by atoms with Gasteiger partial charge in [0.1, 0.15) is 5.82 Å². The van der Waals surface area contributed by atoms with E-state index in [1.165, 1.54) is 13.1 Å². The summed E-state index contributed by atoms with van der Waals surface area (Å²) in [6.07, 6.45) is 0. The maximum atomic E-state index is 13.6. The van der Waals surface area contributed by atoms with E-state index in [9.17, 15) is 12.8 Å². The third kappa shape index (κ3) is 3.31. The lowest BCUT2D eigenvalue weighted by atomic mass is 10.1. The van der Waals surface area contributed by atoms with E-state index in [1.54, 1.807) is 36.4 Å². The first-order valence-corrected chi connectivity index (χ1v) is 8.03. The third-order valence-electron chi connectivity index (χ3n) is 3.54. The second-order valence-electron chi connectivity index (χ2n) is 5.10. The summed E-state index contributed by atoms with van der Waals surface area (Å²) in [6, 6.07) is 11.2. The molecule has 3 nitrogen and oxygen atoms in total. The minimum absolute atomic E-state index is 0.00192. The van der Waals surface area contributed by atoms with Crippen LogP contribution in [0.15, 0.2) is 47.4 Å². The van der Waals surface area contributed by atoms with Crippen molar-refractivity contribution in [3.05, 3.63) is 65.0 Å². The Morgan fingerprint density at radius 2 is 1.71 bits per heavy atom. The molecule has 112 valence electrons. The van der Waals surface area contributed by atoms with Crippen LogP contribution in [-0.4, -0.2) is 19.8 Å². The van der Waals surface area contributed by atoms with Crippen molar-refractivity contribution < 1.29 is 12.8 Å². The highest BCUT2D eigenvalue weighted by Gasteiger charge is 2.22. The first-order valence-electron chi connectivity index (χ1n) is 6.59. The van der Waals surface area contributed by atoms with E-state index >= 15 is 0 Å². The van der Waals surface area contributed by atoms with Gasteiger partial charge in [0.25, 0.3) is 0 Å². The molecule has 0 saturated carbocycles. The van der Waals surface area contributed by atoms with Crippen LogP contribution < -0.4 is 0 Å². The van der Waals surface area contributed by atoms with Crippen LogP contribution in [0.3, 0.4) is 0 Å². The standard InChI is InChI=1S/C16H18FNO2S/c1-12-8-9-15(10-13(12)2)21(19,20)18(3)11-14-6-4-5-7-16(14)17/h4-10H,11H2,1-3H3. The fourth-order valence-corrected chi connectivity index (χ4v) is 3.24. The van der Waals surface area contributed by atoms with Gasteiger partial charge in [-0.1, -0.05) is 24.3 Å². The van der Waals surface area contributed by atoms with Crippen molar-refractivity contribution >= 4 is 10.0 Å². The van der Waals surface area contributed by atoms with Crippen molar-refractivity contribution in [1.29, 1.82) is 0 Å². The summed E-state index contributed by atoms with van der Waals surface area (Å²) in [5.41, 5.74) is 2.30. The van der Waals surface area contributed by atoms with Crippen LogP contribution in [0, 0.1) is 19.7 Å². The van der Waals surface area contributed by atoms with Gasteiger partial charge in [-0.2, -0.15) is 4.31 Å². The molecular weight excluding hydrogens is 289 g/mol. The zero-order valence-corrected chi connectivity index (χ0v) is 13.1. The van der Waals surface area contributed by atoms with Gasteiger partial charge in [0.2, 0.25) is 10.0 Å². The predicted molar refractivity (Wildman–Crippen MR) is 81.0 cm³/mol. The molecule has 0 aliphatic heterocycles. The van der Waals surface area contributed by atoms with Gasteiger partial charge in [0.05, 0.1) is 4.90 Å². The normalized spacial score (nSPS) is 11.9. The van der Waals surface area contributed by atoms with Crippen molar-refractivity contribution in [3.63, 3.8) is 0 Å². The molecule has 21 heavy (non-hydrogen) atoms. The number of halogens is 1. The molecule has 0 atom stereocenters. The lowest BCUT2D eigenvalue weighted by Crippen LogP contribution is -2.27. The molecule has 0 amide bonds. The monoisotopic (exact) mass is 307 g/mol. The SMILES string of the molecule is Cc1ccc(S(=O)(=O)N(C)Cc2ccccc2F)cc1C. The van der Waals surface area contributed by atoms with Gasteiger partial charge in [-0.25, -0.2) is 12.8 Å². The Bertz CT molecular complexity index is 757. The molecule has 0 fully saturated rings. The molecule has 2 aromatic carbocycles. The van der Waals surface area contributed by atoms with Crippen LogP contribution in [0.25, 0.3) is 0 Å². The molecule has 0 aliphatic rings. The number of nitrogens with zero attached hydrogens (tertiary/aromatic N) is 1. The Hall–Kier alpha value is -1.72. The van der Waals surface area contributed by atoms with Gasteiger partial charge in [-0.3, -0.25) is 0 Å². The Labute approximate surface area is 125 Å². The molecule has 0 N–H and O–H groups in total. The largest absolute Gasteiger partial charge is 0.243 e. The predicted octanol–water partition coefficient (Wildman–Crippen LogP) is 3.26. The molecule has 0 aromatic heterocycles. The zero-order valence-electron chi connectivity index (χ0n) is 12.3. The van der Waals surface area contributed by atoms with E-state index in [0.29, 0.717) is 5.56 Å². The second kappa shape index (κ2) is 5.95. The molecule has 0 aliphatic carbocycles. The molecule has 0 radical (unpaired) electrons. The Morgan fingerprint density at radius 3 is 2.33 bits per heavy atom. The summed E-state index contributed by atoms with van der Waals surface area (Å²) in [6.45, 7) is 3.79. The van der Waals surface area contributed by atoms with Crippen LogP contribution in [0.5, 0.6) is 0 Å². The van der Waals surface area contributed by atoms with Crippen molar-refractivity contribution in [2.45, 2.75) is 25.3 Å². The Balaban J connectivity index is 2.30. The van der Waals surface area contributed by atoms with Crippen LogP contribution in [0.1, 0.15) is 16.7 Å². The second-order valence-corrected chi connectivity index (χ2v) is 7.14. The molecule has 2 rings (SSSR count). The number of hydrogen-bond donors (Lipinski definition) is 0. The molecule has 2 aromatic rings. The maximum absolute atomic E-state index is 13.6. The fraction of sp³-hybridized carbons (Fsp3) is 0.250. The zero-order chi connectivity index (χ0) is 15.6. The first kappa shape index (κ1) is 15.7. The van der Waals surface area contributed by atoms with E-state index in [4.69, 9.17) is 0 Å². The highest BCUT2D eigenvalue weighted by Crippen LogP contribution is 2.20. The fourth-order valence-electron chi connectivity index (χ4n) is 2.01. The van der Waals surface area contributed by atoms with Crippen molar-refractivity contribution in [2.75, 3.05) is 7.05 Å². The van der Waals surface area contributed by atoms with E-state index in [0.717, 1.165) is 15.4 Å². The molecule has 5 heteroatoms. The van der Waals surface area contributed by atoms with Gasteiger partial charge in [0, 0.05) is 19.2 Å². The Morgan fingerprint density at radius 1 is 1.05 bits per heavy atom. The minimum atomic E-state index is -3.63. The number of aryl methyl sites for hydroxylation is 2. The lowest BCUT2D eigenvalue weighted by molar-refractivity contribution is 0.456. The Kier molecular flexibility index (Phi) is 4.44. The quantitative estimate of drug-likeness (QED) is 0.869. The summed E-state index contributed by atoms with van der Waals surface area (Å²) < 4.78 is 39.8.